The van der Waals surface area contributed by atoms with Crippen molar-refractivity contribution in [3.05, 3.63) is 47.8 Å². The Morgan fingerprint density at radius 3 is 2.48 bits per heavy atom. The van der Waals surface area contributed by atoms with Gasteiger partial charge in [-0.15, -0.1) is 0 Å². The number of aliphatic carboxylic acids is 1. The van der Waals surface area contributed by atoms with E-state index in [-0.39, 0.29) is 12.8 Å². The third-order valence-corrected chi connectivity index (χ3v) is 5.01. The molecule has 1 aromatic heterocycles. The van der Waals surface area contributed by atoms with Crippen LogP contribution in [0.1, 0.15) is 69.2 Å². The van der Waals surface area contributed by atoms with Gasteiger partial charge in [-0.25, -0.2) is 0 Å². The van der Waals surface area contributed by atoms with Crippen molar-refractivity contribution in [2.75, 3.05) is 0 Å². The maximum atomic E-state index is 10.6. The van der Waals surface area contributed by atoms with Gasteiger partial charge in [0.15, 0.2) is 0 Å². The van der Waals surface area contributed by atoms with Crippen molar-refractivity contribution in [3.8, 4) is 0 Å². The van der Waals surface area contributed by atoms with Crippen molar-refractivity contribution in [3.63, 3.8) is 0 Å². The van der Waals surface area contributed by atoms with Gasteiger partial charge in [0.05, 0.1) is 24.0 Å². The Labute approximate surface area is 171 Å². The fourth-order valence-corrected chi connectivity index (χ4v) is 3.32. The molecule has 158 valence electrons. The van der Waals surface area contributed by atoms with Crippen molar-refractivity contribution in [1.29, 1.82) is 0 Å². The van der Waals surface area contributed by atoms with Crippen molar-refractivity contribution in [2.24, 2.45) is 0 Å². The molecule has 0 fully saturated rings. The molecule has 0 aliphatic carbocycles. The van der Waals surface area contributed by atoms with Crippen LogP contribution in [0.3, 0.4) is 0 Å². The van der Waals surface area contributed by atoms with Crippen LogP contribution in [0, 0.1) is 0 Å². The number of pyridine rings is 1. The molecule has 0 radical (unpaired) electrons. The molecule has 3 atom stereocenters. The maximum absolute atomic E-state index is 10.6. The standard InChI is InChI=1S/C23H31NO5/c1-2-3-4-10-21(27)23-18-9-6-5-8-17(18)16(15-24-23)13-14-20(26)19(25)11-7-12-22(28)29/h5-6,8-9,13-15,19-21,25-27H,2-4,7,10-12H2,1H3,(H,28,29)/b14-13+. The van der Waals surface area contributed by atoms with Gasteiger partial charge in [-0.05, 0) is 24.6 Å². The lowest BCUT2D eigenvalue weighted by molar-refractivity contribution is -0.137. The van der Waals surface area contributed by atoms with E-state index in [1.165, 1.54) is 6.08 Å². The molecular formula is C23H31NO5. The molecule has 29 heavy (non-hydrogen) atoms. The van der Waals surface area contributed by atoms with E-state index in [0.29, 0.717) is 18.5 Å². The van der Waals surface area contributed by atoms with Gasteiger partial charge in [0, 0.05) is 23.6 Å². The number of rotatable bonds is 12. The second-order valence-corrected chi connectivity index (χ2v) is 7.36. The van der Waals surface area contributed by atoms with Crippen LogP contribution in [0.25, 0.3) is 16.8 Å². The summed E-state index contributed by atoms with van der Waals surface area (Å²) in [5.41, 5.74) is 1.44. The Morgan fingerprint density at radius 2 is 1.79 bits per heavy atom. The molecule has 0 bridgehead atoms. The minimum absolute atomic E-state index is 0.0376. The fraction of sp³-hybridized carbons (Fsp3) is 0.478. The van der Waals surface area contributed by atoms with Gasteiger partial charge in [-0.2, -0.15) is 0 Å². The van der Waals surface area contributed by atoms with E-state index in [1.54, 1.807) is 12.3 Å². The van der Waals surface area contributed by atoms with Gasteiger partial charge in [-0.3, -0.25) is 9.78 Å². The molecular weight excluding hydrogens is 370 g/mol. The van der Waals surface area contributed by atoms with Crippen LogP contribution in [0.2, 0.25) is 0 Å². The number of carboxylic acids is 1. The Hall–Kier alpha value is -2.28. The molecule has 4 N–H and O–H groups in total. The quantitative estimate of drug-likeness (QED) is 0.402. The molecule has 0 saturated heterocycles. The summed E-state index contributed by atoms with van der Waals surface area (Å²) < 4.78 is 0. The summed E-state index contributed by atoms with van der Waals surface area (Å²) in [7, 11) is 0. The zero-order chi connectivity index (χ0) is 21.2. The number of unbranched alkanes of at least 4 members (excludes halogenated alkanes) is 2. The van der Waals surface area contributed by atoms with Crippen LogP contribution < -0.4 is 0 Å². The predicted octanol–water partition coefficient (Wildman–Crippen LogP) is 3.84. The number of fused-ring (bicyclic) bond motifs is 1. The number of nitrogens with zero attached hydrogens (tertiary/aromatic N) is 1. The van der Waals surface area contributed by atoms with Crippen LogP contribution >= 0.6 is 0 Å². The zero-order valence-electron chi connectivity index (χ0n) is 16.9. The molecule has 0 aliphatic heterocycles. The number of hydrogen-bond acceptors (Lipinski definition) is 5. The van der Waals surface area contributed by atoms with Crippen molar-refractivity contribution >= 4 is 22.8 Å². The fourth-order valence-electron chi connectivity index (χ4n) is 3.32. The summed E-state index contributed by atoms with van der Waals surface area (Å²) in [6.07, 6.45) is 6.37. The molecule has 0 spiro atoms. The van der Waals surface area contributed by atoms with E-state index in [2.05, 4.69) is 11.9 Å². The predicted molar refractivity (Wildman–Crippen MR) is 113 cm³/mol. The molecule has 2 aromatic rings. The van der Waals surface area contributed by atoms with E-state index >= 15 is 0 Å². The van der Waals surface area contributed by atoms with Crippen LogP contribution in [-0.4, -0.2) is 43.6 Å². The lowest BCUT2D eigenvalue weighted by Gasteiger charge is -2.15. The first kappa shape index (κ1) is 23.0. The summed E-state index contributed by atoms with van der Waals surface area (Å²) >= 11 is 0. The molecule has 1 aromatic carbocycles. The highest BCUT2D eigenvalue weighted by molar-refractivity contribution is 5.92. The lowest BCUT2D eigenvalue weighted by atomic mass is 9.99. The molecule has 2 rings (SSSR count). The van der Waals surface area contributed by atoms with Crippen molar-refractivity contribution in [1.82, 2.24) is 4.98 Å². The molecule has 0 amide bonds. The van der Waals surface area contributed by atoms with Crippen LogP contribution in [0.5, 0.6) is 0 Å². The molecule has 1 heterocycles. The van der Waals surface area contributed by atoms with Gasteiger partial charge >= 0.3 is 5.97 Å². The SMILES string of the molecule is CCCCCC(O)c1ncc(/C=C/C(O)C(O)CCCC(=O)O)c2ccccc12. The minimum atomic E-state index is -1.10. The number of carbonyl (C=O) groups is 1. The number of aliphatic hydroxyl groups is 3. The first-order chi connectivity index (χ1) is 13.9. The molecule has 0 aliphatic rings. The summed E-state index contributed by atoms with van der Waals surface area (Å²) in [5.74, 6) is -0.920. The second-order valence-electron chi connectivity index (χ2n) is 7.36. The van der Waals surface area contributed by atoms with Gasteiger partial charge in [-0.1, -0.05) is 62.6 Å². The third kappa shape index (κ3) is 6.92. The van der Waals surface area contributed by atoms with Crippen molar-refractivity contribution in [2.45, 2.75) is 70.2 Å². The Morgan fingerprint density at radius 1 is 1.07 bits per heavy atom. The Balaban J connectivity index is 2.14. The molecule has 0 saturated carbocycles. The van der Waals surface area contributed by atoms with E-state index in [0.717, 1.165) is 35.6 Å². The lowest BCUT2D eigenvalue weighted by Crippen LogP contribution is -2.23. The topological polar surface area (TPSA) is 111 Å². The van der Waals surface area contributed by atoms with Gasteiger partial charge < -0.3 is 20.4 Å². The van der Waals surface area contributed by atoms with E-state index in [4.69, 9.17) is 5.11 Å². The molecule has 6 heteroatoms. The minimum Gasteiger partial charge on any atom is -0.481 e. The van der Waals surface area contributed by atoms with Crippen LogP contribution in [-0.2, 0) is 4.79 Å². The van der Waals surface area contributed by atoms with Gasteiger partial charge in [0.25, 0.3) is 0 Å². The monoisotopic (exact) mass is 401 g/mol. The number of hydrogen-bond donors (Lipinski definition) is 4. The van der Waals surface area contributed by atoms with E-state index in [9.17, 15) is 20.1 Å². The number of carboxylic acid groups (broad SMARTS) is 1. The summed E-state index contributed by atoms with van der Waals surface area (Å²) in [6, 6.07) is 7.68. The summed E-state index contributed by atoms with van der Waals surface area (Å²) in [5, 5.41) is 41.1. The highest BCUT2D eigenvalue weighted by Crippen LogP contribution is 2.28. The zero-order valence-corrected chi connectivity index (χ0v) is 16.9. The average Bonchev–Trinajstić information content (AvgIpc) is 2.71. The summed E-state index contributed by atoms with van der Waals surface area (Å²) in [6.45, 7) is 2.12. The summed E-state index contributed by atoms with van der Waals surface area (Å²) in [4.78, 5) is 15.0. The number of aliphatic hydroxyl groups excluding tert-OH is 3. The second kappa shape index (κ2) is 11.7. The first-order valence-electron chi connectivity index (χ1n) is 10.3. The Bertz CT molecular complexity index is 820. The van der Waals surface area contributed by atoms with Gasteiger partial charge in [0.1, 0.15) is 0 Å². The van der Waals surface area contributed by atoms with E-state index in [1.807, 2.05) is 24.3 Å². The van der Waals surface area contributed by atoms with Gasteiger partial charge in [0.2, 0.25) is 0 Å². The average molecular weight is 402 g/mol. The van der Waals surface area contributed by atoms with E-state index < -0.39 is 24.3 Å². The third-order valence-electron chi connectivity index (χ3n) is 5.01. The first-order valence-corrected chi connectivity index (χ1v) is 10.3. The normalized spacial score (nSPS) is 14.9. The van der Waals surface area contributed by atoms with Crippen LogP contribution in [0.4, 0.5) is 0 Å². The number of benzene rings is 1. The maximum Gasteiger partial charge on any atom is 0.303 e. The number of aromatic nitrogens is 1. The van der Waals surface area contributed by atoms with Crippen LogP contribution in [0.15, 0.2) is 36.5 Å². The Kier molecular flexibility index (Phi) is 9.25. The highest BCUT2D eigenvalue weighted by Gasteiger charge is 2.16. The largest absolute Gasteiger partial charge is 0.481 e. The highest BCUT2D eigenvalue weighted by atomic mass is 16.4. The molecule has 3 unspecified atom stereocenters. The smallest absolute Gasteiger partial charge is 0.303 e. The molecule has 6 nitrogen and oxygen atoms in total. The van der Waals surface area contributed by atoms with Crippen molar-refractivity contribution < 1.29 is 25.2 Å².